The van der Waals surface area contributed by atoms with E-state index in [2.05, 4.69) is 6.92 Å². The molecule has 1 unspecified atom stereocenters. The van der Waals surface area contributed by atoms with E-state index in [-0.39, 0.29) is 17.4 Å². The second kappa shape index (κ2) is 11.7. The van der Waals surface area contributed by atoms with Crippen LogP contribution < -0.4 is 0 Å². The molecular weight excluding hydrogens is 186 g/mol. The van der Waals surface area contributed by atoms with Crippen LogP contribution in [0.5, 0.6) is 0 Å². The van der Waals surface area contributed by atoms with Crippen LogP contribution in [-0.4, -0.2) is 30.1 Å². The molecule has 0 heterocycles. The number of hydrogen-bond donors (Lipinski definition) is 0. The van der Waals surface area contributed by atoms with E-state index < -0.39 is 8.03 Å². The van der Waals surface area contributed by atoms with Gasteiger partial charge in [0, 0.05) is 6.16 Å². The van der Waals surface area contributed by atoms with Gasteiger partial charge >= 0.3 is 0 Å². The Hall–Kier alpha value is 0.722. The Labute approximate surface area is 87.1 Å². The zero-order valence-corrected chi connectivity index (χ0v) is 8.56. The zero-order valence-electron chi connectivity index (χ0n) is 7.56. The molecule has 2 nitrogen and oxygen atoms in total. The number of unbranched alkanes of at least 4 members (excludes halogenated alkanes) is 3. The number of rotatable bonds is 7. The Kier molecular flexibility index (Phi) is 14.9. The first-order chi connectivity index (χ1) is 5.31. The highest BCUT2D eigenvalue weighted by Crippen LogP contribution is 2.20. The van der Waals surface area contributed by atoms with Crippen LogP contribution in [0.1, 0.15) is 39.5 Å². The standard InChI is InChI=1S/C8H19O2P.Al.3H/c1-3-5-6-7-8-10-11(9)4-2;;;;/h11H,3-8H2,1-2H3;;;;. The SMILES string of the molecule is CCCCCCO[PH](=O)CC.[AlH3]. The predicted molar refractivity (Wildman–Crippen MR) is 59.6 cm³/mol. The molecule has 0 fully saturated rings. The fourth-order valence-corrected chi connectivity index (χ4v) is 1.39. The van der Waals surface area contributed by atoms with Gasteiger partial charge in [-0.2, -0.15) is 0 Å². The topological polar surface area (TPSA) is 26.3 Å². The smallest absolute Gasteiger partial charge is 0.191 e. The van der Waals surface area contributed by atoms with Gasteiger partial charge in [0.1, 0.15) is 0 Å². The summed E-state index contributed by atoms with van der Waals surface area (Å²) in [7, 11) is -1.67. The average Bonchev–Trinajstić information content (AvgIpc) is 2.04. The molecular formula is C8H22AlO2P. The summed E-state index contributed by atoms with van der Waals surface area (Å²) in [5.41, 5.74) is 0. The highest BCUT2D eigenvalue weighted by atomic mass is 31.1. The molecule has 0 aromatic carbocycles. The highest BCUT2D eigenvalue weighted by molar-refractivity contribution is 7.39. The summed E-state index contributed by atoms with van der Waals surface area (Å²) < 4.78 is 15.9. The third kappa shape index (κ3) is 10.7. The molecule has 0 aliphatic carbocycles. The third-order valence-electron chi connectivity index (χ3n) is 1.55. The maximum atomic E-state index is 10.8. The molecule has 0 bridgehead atoms. The molecule has 0 aromatic heterocycles. The second-order valence-electron chi connectivity index (χ2n) is 2.63. The molecule has 74 valence electrons. The molecule has 12 heavy (non-hydrogen) atoms. The maximum Gasteiger partial charge on any atom is 0.191 e. The van der Waals surface area contributed by atoms with Crippen LogP contribution in [0, 0.1) is 0 Å². The van der Waals surface area contributed by atoms with Crippen molar-refractivity contribution in [3.63, 3.8) is 0 Å². The van der Waals surface area contributed by atoms with E-state index >= 15 is 0 Å². The lowest BCUT2D eigenvalue weighted by Crippen LogP contribution is -1.87. The van der Waals surface area contributed by atoms with Crippen molar-refractivity contribution >= 4 is 25.4 Å². The summed E-state index contributed by atoms with van der Waals surface area (Å²) in [6, 6.07) is 0. The lowest BCUT2D eigenvalue weighted by Gasteiger charge is -2.00. The van der Waals surface area contributed by atoms with Crippen LogP contribution in [0.15, 0.2) is 0 Å². The van der Waals surface area contributed by atoms with Gasteiger partial charge in [-0.1, -0.05) is 33.1 Å². The first kappa shape index (κ1) is 15.2. The van der Waals surface area contributed by atoms with Gasteiger partial charge in [-0.25, -0.2) is 0 Å². The Morgan fingerprint density at radius 2 is 1.83 bits per heavy atom. The van der Waals surface area contributed by atoms with Crippen molar-refractivity contribution in [2.45, 2.75) is 39.5 Å². The summed E-state index contributed by atoms with van der Waals surface area (Å²) in [6.45, 7) is 4.76. The van der Waals surface area contributed by atoms with Gasteiger partial charge in [0.2, 0.25) is 0 Å². The van der Waals surface area contributed by atoms with E-state index in [0.29, 0.717) is 12.8 Å². The fourth-order valence-electron chi connectivity index (χ4n) is 0.817. The molecule has 0 aliphatic rings. The van der Waals surface area contributed by atoms with Gasteiger partial charge < -0.3 is 4.52 Å². The third-order valence-corrected chi connectivity index (χ3v) is 2.65. The molecule has 0 spiro atoms. The van der Waals surface area contributed by atoms with Crippen LogP contribution in [0.25, 0.3) is 0 Å². The largest absolute Gasteiger partial charge is 0.330 e. The summed E-state index contributed by atoms with van der Waals surface area (Å²) in [5.74, 6) is 0. The minimum Gasteiger partial charge on any atom is -0.330 e. The Morgan fingerprint density at radius 1 is 1.17 bits per heavy atom. The Morgan fingerprint density at radius 3 is 2.33 bits per heavy atom. The summed E-state index contributed by atoms with van der Waals surface area (Å²) in [6.07, 6.45) is 5.44. The van der Waals surface area contributed by atoms with Gasteiger partial charge in [0.05, 0.1) is 6.61 Å². The van der Waals surface area contributed by atoms with Crippen LogP contribution in [0.2, 0.25) is 0 Å². The molecule has 0 radical (unpaired) electrons. The van der Waals surface area contributed by atoms with Crippen molar-refractivity contribution in [2.75, 3.05) is 12.8 Å². The lowest BCUT2D eigenvalue weighted by atomic mass is 10.2. The Balaban J connectivity index is 0. The molecule has 0 amide bonds. The van der Waals surface area contributed by atoms with Crippen molar-refractivity contribution in [1.29, 1.82) is 0 Å². The van der Waals surface area contributed by atoms with E-state index in [0.717, 1.165) is 6.42 Å². The zero-order chi connectivity index (χ0) is 8.53. The van der Waals surface area contributed by atoms with Crippen LogP contribution >= 0.6 is 8.03 Å². The quantitative estimate of drug-likeness (QED) is 0.363. The second-order valence-corrected chi connectivity index (χ2v) is 4.37. The minimum atomic E-state index is -1.67. The molecule has 4 heteroatoms. The van der Waals surface area contributed by atoms with Gasteiger partial charge in [0.15, 0.2) is 25.4 Å². The van der Waals surface area contributed by atoms with Gasteiger partial charge in [-0.05, 0) is 6.42 Å². The van der Waals surface area contributed by atoms with Crippen molar-refractivity contribution in [3.05, 3.63) is 0 Å². The normalized spacial score (nSPS) is 12.2. The van der Waals surface area contributed by atoms with E-state index in [9.17, 15) is 4.57 Å². The minimum absolute atomic E-state index is 0. The first-order valence-corrected chi connectivity index (χ1v) is 5.99. The van der Waals surface area contributed by atoms with E-state index in [1.807, 2.05) is 6.92 Å². The van der Waals surface area contributed by atoms with Crippen LogP contribution in [-0.2, 0) is 9.09 Å². The molecule has 0 aromatic rings. The summed E-state index contributed by atoms with van der Waals surface area (Å²) >= 11 is 0. The average molecular weight is 208 g/mol. The maximum absolute atomic E-state index is 10.8. The van der Waals surface area contributed by atoms with Crippen molar-refractivity contribution in [3.8, 4) is 0 Å². The van der Waals surface area contributed by atoms with E-state index in [4.69, 9.17) is 4.52 Å². The number of hydrogen-bond acceptors (Lipinski definition) is 2. The predicted octanol–water partition coefficient (Wildman–Crippen LogP) is 1.89. The van der Waals surface area contributed by atoms with Gasteiger partial charge in [-0.15, -0.1) is 0 Å². The molecule has 0 aliphatic heterocycles. The van der Waals surface area contributed by atoms with E-state index in [1.54, 1.807) is 0 Å². The molecule has 0 rings (SSSR count). The van der Waals surface area contributed by atoms with Crippen molar-refractivity contribution < 1.29 is 9.09 Å². The summed E-state index contributed by atoms with van der Waals surface area (Å²) in [4.78, 5) is 0. The van der Waals surface area contributed by atoms with Gasteiger partial charge in [0.25, 0.3) is 0 Å². The molecule has 0 saturated heterocycles. The van der Waals surface area contributed by atoms with Crippen molar-refractivity contribution in [1.82, 2.24) is 0 Å². The highest BCUT2D eigenvalue weighted by Gasteiger charge is 1.93. The molecule has 1 atom stereocenters. The monoisotopic (exact) mass is 208 g/mol. The first-order valence-electron chi connectivity index (χ1n) is 4.46. The summed E-state index contributed by atoms with van der Waals surface area (Å²) in [5, 5.41) is 0. The van der Waals surface area contributed by atoms with Gasteiger partial charge in [-0.3, -0.25) is 4.57 Å². The van der Waals surface area contributed by atoms with Crippen LogP contribution in [0.4, 0.5) is 0 Å². The lowest BCUT2D eigenvalue weighted by molar-refractivity contribution is 0.317. The fraction of sp³-hybridized carbons (Fsp3) is 1.00. The molecule has 0 saturated carbocycles. The Bertz CT molecular complexity index is 109. The van der Waals surface area contributed by atoms with Crippen molar-refractivity contribution in [2.24, 2.45) is 0 Å². The van der Waals surface area contributed by atoms with E-state index in [1.165, 1.54) is 19.3 Å². The van der Waals surface area contributed by atoms with Crippen LogP contribution in [0.3, 0.4) is 0 Å². The molecule has 0 N–H and O–H groups in total.